The topological polar surface area (TPSA) is 122 Å². The fourth-order valence-electron chi connectivity index (χ4n) is 1.83. The molecule has 100 valence electrons. The largest absolute Gasteiger partial charge is 0.505 e. The predicted molar refractivity (Wildman–Crippen MR) is 64.6 cm³/mol. The number of anilines is 1. The highest BCUT2D eigenvalue weighted by Gasteiger charge is 2.29. The van der Waals surface area contributed by atoms with E-state index in [9.17, 15) is 24.8 Å². The van der Waals surface area contributed by atoms with Crippen LogP contribution in [0.1, 0.15) is 12.8 Å². The van der Waals surface area contributed by atoms with Gasteiger partial charge in [-0.1, -0.05) is 6.07 Å². The van der Waals surface area contributed by atoms with Crippen molar-refractivity contribution >= 4 is 23.2 Å². The van der Waals surface area contributed by atoms with Crippen LogP contribution in [0.25, 0.3) is 0 Å². The normalized spacial score (nSPS) is 17.9. The summed E-state index contributed by atoms with van der Waals surface area (Å²) in [7, 11) is 0. The molecule has 0 radical (unpaired) electrons. The Morgan fingerprint density at radius 3 is 2.84 bits per heavy atom. The average Bonchev–Trinajstić information content (AvgIpc) is 2.78. The van der Waals surface area contributed by atoms with E-state index in [2.05, 4.69) is 10.6 Å². The van der Waals surface area contributed by atoms with Crippen LogP contribution in [0, 0.1) is 10.1 Å². The number of aromatic hydroxyl groups is 1. The summed E-state index contributed by atoms with van der Waals surface area (Å²) in [6.07, 6.45) is 0.563. The van der Waals surface area contributed by atoms with Gasteiger partial charge in [-0.25, -0.2) is 0 Å². The molecular formula is C11H11N3O5. The van der Waals surface area contributed by atoms with E-state index in [1.54, 1.807) is 0 Å². The van der Waals surface area contributed by atoms with Crippen molar-refractivity contribution in [3.8, 4) is 5.75 Å². The monoisotopic (exact) mass is 265 g/mol. The van der Waals surface area contributed by atoms with Crippen molar-refractivity contribution in [1.82, 2.24) is 5.32 Å². The molecule has 1 fully saturated rings. The molecule has 8 heteroatoms. The number of carbonyl (C=O) groups excluding carboxylic acids is 2. The smallest absolute Gasteiger partial charge is 0.296 e. The van der Waals surface area contributed by atoms with Gasteiger partial charge in [0.05, 0.1) is 4.92 Å². The van der Waals surface area contributed by atoms with Gasteiger partial charge in [0.25, 0.3) is 5.69 Å². The van der Waals surface area contributed by atoms with Gasteiger partial charge in [0.15, 0.2) is 5.69 Å². The zero-order valence-electron chi connectivity index (χ0n) is 9.75. The Kier molecular flexibility index (Phi) is 3.32. The SMILES string of the molecule is O=C1CCC(C(=O)Nc2c(O)cccc2[N+](=O)[O-])N1. The van der Waals surface area contributed by atoms with E-state index in [-0.39, 0.29) is 18.0 Å². The molecule has 1 unspecified atom stereocenters. The highest BCUT2D eigenvalue weighted by atomic mass is 16.6. The predicted octanol–water partition coefficient (Wildman–Crippen LogP) is 0.518. The molecule has 2 amide bonds. The van der Waals surface area contributed by atoms with Crippen molar-refractivity contribution < 1.29 is 19.6 Å². The molecule has 0 bridgehead atoms. The van der Waals surface area contributed by atoms with Crippen molar-refractivity contribution in [2.24, 2.45) is 0 Å². The highest BCUT2D eigenvalue weighted by molar-refractivity contribution is 6.01. The standard InChI is InChI=1S/C11H11N3O5/c15-8-3-1-2-7(14(18)19)10(8)13-11(17)6-4-5-9(16)12-6/h1-3,6,15H,4-5H2,(H,12,16)(H,13,17). The maximum Gasteiger partial charge on any atom is 0.296 e. The van der Waals surface area contributed by atoms with Crippen LogP contribution in [0.2, 0.25) is 0 Å². The second-order valence-corrected chi connectivity index (χ2v) is 4.08. The third-order valence-electron chi connectivity index (χ3n) is 2.78. The number of nitro benzene ring substituents is 1. The van der Waals surface area contributed by atoms with Gasteiger partial charge in [-0.05, 0) is 12.5 Å². The first-order valence-electron chi connectivity index (χ1n) is 5.55. The lowest BCUT2D eigenvalue weighted by molar-refractivity contribution is -0.384. The van der Waals surface area contributed by atoms with Crippen LogP contribution in [0.4, 0.5) is 11.4 Å². The van der Waals surface area contributed by atoms with E-state index >= 15 is 0 Å². The zero-order chi connectivity index (χ0) is 14.0. The number of nitrogens with one attached hydrogen (secondary N) is 2. The molecule has 0 spiro atoms. The molecule has 1 aromatic rings. The summed E-state index contributed by atoms with van der Waals surface area (Å²) in [6, 6.07) is 2.98. The first-order valence-corrected chi connectivity index (χ1v) is 5.55. The van der Waals surface area contributed by atoms with Crippen LogP contribution in [0.3, 0.4) is 0 Å². The fraction of sp³-hybridized carbons (Fsp3) is 0.273. The van der Waals surface area contributed by atoms with Crippen molar-refractivity contribution in [1.29, 1.82) is 0 Å². The van der Waals surface area contributed by atoms with E-state index in [1.165, 1.54) is 18.2 Å². The second kappa shape index (κ2) is 4.92. The summed E-state index contributed by atoms with van der Waals surface area (Å²) in [5, 5.41) is 25.1. The van der Waals surface area contributed by atoms with Crippen molar-refractivity contribution in [3.63, 3.8) is 0 Å². The molecule has 19 heavy (non-hydrogen) atoms. The van der Waals surface area contributed by atoms with Gasteiger partial charge in [0, 0.05) is 12.5 Å². The van der Waals surface area contributed by atoms with Gasteiger partial charge < -0.3 is 15.7 Å². The number of amides is 2. The van der Waals surface area contributed by atoms with Crippen LogP contribution in [-0.4, -0.2) is 27.9 Å². The van der Waals surface area contributed by atoms with Crippen molar-refractivity contribution in [2.45, 2.75) is 18.9 Å². The summed E-state index contributed by atoms with van der Waals surface area (Å²) in [6.45, 7) is 0. The molecule has 0 aromatic heterocycles. The van der Waals surface area contributed by atoms with Gasteiger partial charge >= 0.3 is 0 Å². The molecule has 3 N–H and O–H groups in total. The summed E-state index contributed by atoms with van der Waals surface area (Å²) in [4.78, 5) is 32.9. The molecule has 0 saturated carbocycles. The third kappa shape index (κ3) is 2.62. The minimum absolute atomic E-state index is 0.237. The maximum atomic E-state index is 11.8. The van der Waals surface area contributed by atoms with Crippen LogP contribution >= 0.6 is 0 Å². The minimum Gasteiger partial charge on any atom is -0.505 e. The Labute approximate surface area is 107 Å². The number of phenolic OH excluding ortho intramolecular Hbond substituents is 1. The van der Waals surface area contributed by atoms with Gasteiger partial charge in [-0.2, -0.15) is 0 Å². The number of hydrogen-bond donors (Lipinski definition) is 3. The number of nitro groups is 1. The van der Waals surface area contributed by atoms with E-state index in [0.29, 0.717) is 6.42 Å². The lowest BCUT2D eigenvalue weighted by Crippen LogP contribution is -2.37. The average molecular weight is 265 g/mol. The van der Waals surface area contributed by atoms with Crippen LogP contribution in [-0.2, 0) is 9.59 Å². The maximum absolute atomic E-state index is 11.8. The summed E-state index contributed by atoms with van der Waals surface area (Å²) >= 11 is 0. The number of nitrogens with zero attached hydrogens (tertiary/aromatic N) is 1. The second-order valence-electron chi connectivity index (χ2n) is 4.08. The molecule has 0 aliphatic carbocycles. The van der Waals surface area contributed by atoms with E-state index in [0.717, 1.165) is 0 Å². The lowest BCUT2D eigenvalue weighted by Gasteiger charge is -2.11. The number of carbonyl (C=O) groups is 2. The number of para-hydroxylation sites is 1. The Morgan fingerprint density at radius 2 is 2.26 bits per heavy atom. The molecule has 2 rings (SSSR count). The van der Waals surface area contributed by atoms with E-state index in [1.807, 2.05) is 0 Å². The molecular weight excluding hydrogens is 254 g/mol. The summed E-state index contributed by atoms with van der Waals surface area (Å²) in [5.74, 6) is -1.23. The van der Waals surface area contributed by atoms with E-state index < -0.39 is 28.3 Å². The minimum atomic E-state index is -0.730. The van der Waals surface area contributed by atoms with Gasteiger partial charge in [-0.15, -0.1) is 0 Å². The van der Waals surface area contributed by atoms with Gasteiger partial charge in [0.1, 0.15) is 11.8 Å². The quantitative estimate of drug-likeness (QED) is 0.417. The summed E-state index contributed by atoms with van der Waals surface area (Å²) < 4.78 is 0. The Balaban J connectivity index is 2.21. The number of hydrogen-bond acceptors (Lipinski definition) is 5. The highest BCUT2D eigenvalue weighted by Crippen LogP contribution is 2.33. The molecule has 1 saturated heterocycles. The van der Waals surface area contributed by atoms with E-state index in [4.69, 9.17) is 0 Å². The first-order chi connectivity index (χ1) is 8.99. The third-order valence-corrected chi connectivity index (χ3v) is 2.78. The Bertz CT molecular complexity index is 557. The molecule has 8 nitrogen and oxygen atoms in total. The van der Waals surface area contributed by atoms with Crippen LogP contribution in [0.15, 0.2) is 18.2 Å². The van der Waals surface area contributed by atoms with Gasteiger partial charge in [0.2, 0.25) is 11.8 Å². The summed E-state index contributed by atoms with van der Waals surface area (Å²) in [5.41, 5.74) is -0.670. The van der Waals surface area contributed by atoms with Gasteiger partial charge in [-0.3, -0.25) is 19.7 Å². The first kappa shape index (κ1) is 12.8. The molecule has 1 heterocycles. The van der Waals surface area contributed by atoms with Crippen molar-refractivity contribution in [2.75, 3.05) is 5.32 Å². The lowest BCUT2D eigenvalue weighted by atomic mass is 10.2. The van der Waals surface area contributed by atoms with Crippen LogP contribution in [0.5, 0.6) is 5.75 Å². The number of rotatable bonds is 3. The number of benzene rings is 1. The molecule has 1 atom stereocenters. The van der Waals surface area contributed by atoms with Crippen LogP contribution < -0.4 is 10.6 Å². The molecule has 1 aliphatic rings. The Morgan fingerprint density at radius 1 is 1.53 bits per heavy atom. The Hall–Kier alpha value is -2.64. The molecule has 1 aliphatic heterocycles. The van der Waals surface area contributed by atoms with Crippen molar-refractivity contribution in [3.05, 3.63) is 28.3 Å². The zero-order valence-corrected chi connectivity index (χ0v) is 9.75. The molecule has 1 aromatic carbocycles. The fourth-order valence-corrected chi connectivity index (χ4v) is 1.83. The number of phenols is 1.